The number of aliphatic hydroxyl groups excluding tert-OH is 1. The van der Waals surface area contributed by atoms with Gasteiger partial charge >= 0.3 is 6.72 Å². The molecule has 7 rings (SSSR count). The van der Waals surface area contributed by atoms with Gasteiger partial charge in [-0.05, 0) is 11.8 Å². The Morgan fingerprint density at radius 2 is 1.80 bits per heavy atom. The standard InChI is InChI=1S/C20H23FN10O9P2S2/c21-8-12-7(38-18(8)30-4-26-9-14(22)24-3-25-15(9)30)2-36-42(34,44)40-13-11(32)6(1-35-41(43)39-12)37-19(13)31-5-27-10-16(31)28-20(23)29-17(10)33/h3-8,11-13,18-19,32,43H,1-2H2,(H,34,44)(H2,22,24,25)(H3,23,28,29,33)/t6?,7?,8?,11?,12?,13?,18?,19?,41-,42?/m0/s1. The van der Waals surface area contributed by atoms with E-state index in [0.29, 0.717) is 0 Å². The van der Waals surface area contributed by atoms with Crippen molar-refractivity contribution in [2.75, 3.05) is 24.7 Å². The Morgan fingerprint density at radius 3 is 2.59 bits per heavy atom. The Labute approximate surface area is 256 Å². The summed E-state index contributed by atoms with van der Waals surface area (Å²) in [7, 11) is -2.08. The van der Waals surface area contributed by atoms with Gasteiger partial charge in [-0.1, -0.05) is 12.2 Å². The number of fused-ring (bicyclic) bond motifs is 5. The molecule has 0 aliphatic carbocycles. The number of aromatic amines is 1. The molecule has 3 fully saturated rings. The minimum absolute atomic E-state index is 0.0213. The van der Waals surface area contributed by atoms with Crippen molar-refractivity contribution >= 4 is 72.4 Å². The maximum absolute atomic E-state index is 16.0. The van der Waals surface area contributed by atoms with Crippen molar-refractivity contribution in [2.45, 2.75) is 49.1 Å². The second-order valence-electron chi connectivity index (χ2n) is 9.86. The molecule has 19 nitrogen and oxygen atoms in total. The number of nitrogens with zero attached hydrogens (tertiary/aromatic N) is 7. The van der Waals surface area contributed by atoms with Gasteiger partial charge in [0, 0.05) is 0 Å². The third-order valence-corrected chi connectivity index (χ3v) is 10.2. The molecule has 24 heteroatoms. The van der Waals surface area contributed by atoms with Gasteiger partial charge in [0.25, 0.3) is 5.56 Å². The number of rotatable bonds is 2. The number of nitrogens with two attached hydrogens (primary N) is 2. The van der Waals surface area contributed by atoms with Crippen LogP contribution in [0.2, 0.25) is 0 Å². The SMILES string of the molecule is Nc1nc2c(ncn2C2OC3CO[P@](S)OC4C(COP(O)(=S)OC2C3O)OC(n2cnc3c(N)ncnc32)C4F)c(=O)[nH]1. The van der Waals surface area contributed by atoms with E-state index in [1.807, 2.05) is 0 Å². The number of ether oxygens (including phenoxy) is 2. The minimum Gasteiger partial charge on any atom is -0.387 e. The number of anilines is 2. The van der Waals surface area contributed by atoms with Gasteiger partial charge < -0.3 is 44.5 Å². The molecule has 7 heterocycles. The Bertz CT molecular complexity index is 1830. The number of aliphatic hydroxyl groups is 1. The zero-order chi connectivity index (χ0) is 30.9. The molecular formula is C20H23FN10O9P2S2. The van der Waals surface area contributed by atoms with Crippen molar-refractivity contribution in [1.82, 2.24) is 39.0 Å². The highest BCUT2D eigenvalue weighted by Crippen LogP contribution is 2.54. The maximum Gasteiger partial charge on any atom is 0.325 e. The molecule has 3 aliphatic heterocycles. The van der Waals surface area contributed by atoms with Crippen molar-refractivity contribution in [3.8, 4) is 0 Å². The van der Waals surface area contributed by atoms with Crippen molar-refractivity contribution in [3.63, 3.8) is 0 Å². The van der Waals surface area contributed by atoms with Crippen molar-refractivity contribution in [3.05, 3.63) is 29.3 Å². The van der Waals surface area contributed by atoms with Gasteiger partial charge in [-0.15, -0.1) is 0 Å². The van der Waals surface area contributed by atoms with Gasteiger partial charge in [0.15, 0.2) is 41.3 Å². The normalized spacial score (nSPS) is 36.6. The summed E-state index contributed by atoms with van der Waals surface area (Å²) in [5.74, 6) is -0.0901. The van der Waals surface area contributed by atoms with Gasteiger partial charge in [0.2, 0.25) is 13.5 Å². The first-order valence-corrected chi connectivity index (χ1v) is 17.7. The molecule has 236 valence electrons. The molecule has 7 N–H and O–H groups in total. The molecule has 44 heavy (non-hydrogen) atoms. The molecule has 0 spiro atoms. The Morgan fingerprint density at radius 1 is 1.07 bits per heavy atom. The van der Waals surface area contributed by atoms with Crippen molar-refractivity contribution < 1.29 is 42.0 Å². The predicted octanol–water partition coefficient (Wildman–Crippen LogP) is -0.192. The summed E-state index contributed by atoms with van der Waals surface area (Å²) >= 11 is 9.61. The number of aromatic nitrogens is 8. The third kappa shape index (κ3) is 5.27. The lowest BCUT2D eigenvalue weighted by Crippen LogP contribution is -2.35. The van der Waals surface area contributed by atoms with E-state index in [9.17, 15) is 14.8 Å². The lowest BCUT2D eigenvalue weighted by molar-refractivity contribution is -0.0568. The van der Waals surface area contributed by atoms with E-state index in [1.54, 1.807) is 0 Å². The quantitative estimate of drug-likeness (QED) is 0.118. The summed E-state index contributed by atoms with van der Waals surface area (Å²) < 4.78 is 53.5. The average molecular weight is 693 g/mol. The highest BCUT2D eigenvalue weighted by Gasteiger charge is 2.52. The van der Waals surface area contributed by atoms with Gasteiger partial charge in [-0.25, -0.2) is 24.3 Å². The van der Waals surface area contributed by atoms with Gasteiger partial charge in [-0.2, -0.15) is 4.98 Å². The number of hydrogen-bond acceptors (Lipinski definition) is 17. The highest BCUT2D eigenvalue weighted by molar-refractivity contribution is 8.41. The number of halogens is 1. The fourth-order valence-corrected chi connectivity index (χ4v) is 7.92. The lowest BCUT2D eigenvalue weighted by Gasteiger charge is -2.27. The van der Waals surface area contributed by atoms with E-state index in [2.05, 4.69) is 42.2 Å². The van der Waals surface area contributed by atoms with Crippen LogP contribution in [-0.2, 0) is 39.4 Å². The highest BCUT2D eigenvalue weighted by atomic mass is 32.7. The van der Waals surface area contributed by atoms with Crippen LogP contribution in [0, 0.1) is 0 Å². The van der Waals surface area contributed by atoms with Gasteiger partial charge in [0.05, 0.1) is 25.9 Å². The van der Waals surface area contributed by atoms with Crippen LogP contribution in [0.3, 0.4) is 0 Å². The Hall–Kier alpha value is -2.46. The molecular weight excluding hydrogens is 669 g/mol. The summed E-state index contributed by atoms with van der Waals surface area (Å²) in [4.78, 5) is 46.1. The van der Waals surface area contributed by atoms with Crippen LogP contribution in [0.4, 0.5) is 16.2 Å². The second kappa shape index (κ2) is 11.4. The summed E-state index contributed by atoms with van der Waals surface area (Å²) in [5.41, 5.74) is 11.4. The third-order valence-electron chi connectivity index (χ3n) is 7.18. The van der Waals surface area contributed by atoms with E-state index in [0.717, 1.165) is 0 Å². The fraction of sp³-hybridized carbons (Fsp3) is 0.500. The molecule has 3 saturated heterocycles. The van der Waals surface area contributed by atoms with Crippen LogP contribution in [0.25, 0.3) is 22.3 Å². The Balaban J connectivity index is 1.18. The largest absolute Gasteiger partial charge is 0.387 e. The summed E-state index contributed by atoms with van der Waals surface area (Å²) in [6.45, 7) is -4.98. The molecule has 9 unspecified atom stereocenters. The molecule has 0 aromatic carbocycles. The first-order valence-electron chi connectivity index (χ1n) is 12.7. The topological polar surface area (TPSA) is 255 Å². The molecule has 4 aromatic rings. The van der Waals surface area contributed by atoms with Crippen LogP contribution in [-0.4, -0.2) is 98.9 Å². The smallest absolute Gasteiger partial charge is 0.325 e. The second-order valence-corrected chi connectivity index (χ2v) is 14.6. The van der Waals surface area contributed by atoms with E-state index >= 15 is 4.39 Å². The van der Waals surface area contributed by atoms with Crippen LogP contribution in [0.5, 0.6) is 0 Å². The number of alkyl halides is 1. The van der Waals surface area contributed by atoms with E-state index in [1.165, 1.54) is 28.1 Å². The molecule has 4 aromatic heterocycles. The van der Waals surface area contributed by atoms with Crippen LogP contribution >= 0.6 is 26.5 Å². The van der Waals surface area contributed by atoms with Crippen LogP contribution < -0.4 is 17.0 Å². The van der Waals surface area contributed by atoms with E-state index in [4.69, 9.17) is 50.8 Å². The van der Waals surface area contributed by atoms with E-state index < -0.39 is 75.6 Å². The molecule has 2 bridgehead atoms. The minimum atomic E-state index is -4.19. The number of nitrogen functional groups attached to an aromatic ring is 2. The fourth-order valence-electron chi connectivity index (χ4n) is 5.18. The van der Waals surface area contributed by atoms with Crippen LogP contribution in [0.1, 0.15) is 12.5 Å². The lowest BCUT2D eigenvalue weighted by atomic mass is 10.1. The van der Waals surface area contributed by atoms with Gasteiger partial charge in [0.1, 0.15) is 42.4 Å². The number of nitrogens with one attached hydrogen (secondary N) is 1. The zero-order valence-electron chi connectivity index (χ0n) is 21.9. The van der Waals surface area contributed by atoms with Crippen molar-refractivity contribution in [1.29, 1.82) is 0 Å². The number of hydrogen-bond donors (Lipinski definition) is 6. The van der Waals surface area contributed by atoms with Crippen LogP contribution in [0.15, 0.2) is 23.8 Å². The number of imidazole rings is 2. The predicted molar refractivity (Wildman–Crippen MR) is 155 cm³/mol. The van der Waals surface area contributed by atoms with E-state index in [-0.39, 0.29) is 40.7 Å². The summed E-state index contributed by atoms with van der Waals surface area (Å²) in [6.07, 6.45) is -6.93. The molecule has 10 atom stereocenters. The number of thiol groups is 1. The summed E-state index contributed by atoms with van der Waals surface area (Å²) in [5, 5.41) is 11.1. The Kier molecular flexibility index (Phi) is 7.83. The monoisotopic (exact) mass is 692 g/mol. The van der Waals surface area contributed by atoms with Gasteiger partial charge in [-0.3, -0.25) is 23.4 Å². The maximum atomic E-state index is 16.0. The molecule has 0 saturated carbocycles. The first kappa shape index (κ1) is 30.2. The average Bonchev–Trinajstić information content (AvgIpc) is 3.72. The zero-order valence-corrected chi connectivity index (χ0v) is 25.4. The first-order chi connectivity index (χ1) is 21.0. The number of H-pyrrole nitrogens is 1. The molecule has 0 radical (unpaired) electrons. The molecule has 0 amide bonds. The summed E-state index contributed by atoms with van der Waals surface area (Å²) in [6, 6.07) is 0. The van der Waals surface area contributed by atoms with Crippen molar-refractivity contribution in [2.24, 2.45) is 0 Å². The molecule has 3 aliphatic rings.